The summed E-state index contributed by atoms with van der Waals surface area (Å²) in [4.78, 5) is 21.8. The van der Waals surface area contributed by atoms with Crippen molar-refractivity contribution in [2.75, 3.05) is 32.8 Å². The van der Waals surface area contributed by atoms with Crippen LogP contribution in [0.3, 0.4) is 0 Å². The lowest BCUT2D eigenvalue weighted by atomic mass is 10.0. The van der Waals surface area contributed by atoms with Crippen molar-refractivity contribution in [1.82, 2.24) is 14.8 Å². The molecule has 1 aromatic heterocycles. The fourth-order valence-corrected chi connectivity index (χ4v) is 6.31. The van der Waals surface area contributed by atoms with E-state index in [1.807, 2.05) is 36.1 Å². The molecule has 4 aromatic carbocycles. The molecular formula is C45H49BrClN3O4. The topological polar surface area (TPSA) is 64.1 Å². The molecule has 0 unspecified atom stereocenters. The van der Waals surface area contributed by atoms with Crippen molar-refractivity contribution < 1.29 is 19.0 Å². The summed E-state index contributed by atoms with van der Waals surface area (Å²) < 4.78 is 17.8. The molecule has 0 spiro atoms. The second-order valence-corrected chi connectivity index (χ2v) is 14.3. The largest absolute Gasteiger partial charge is 0.493 e. The Morgan fingerprint density at radius 1 is 0.815 bits per heavy atom. The molecule has 0 saturated carbocycles. The summed E-state index contributed by atoms with van der Waals surface area (Å²) in [6.07, 6.45) is 5.96. The zero-order chi connectivity index (χ0) is 37.2. The first-order valence-electron chi connectivity index (χ1n) is 18.3. The third-order valence-corrected chi connectivity index (χ3v) is 9.79. The van der Waals surface area contributed by atoms with Crippen LogP contribution in [0.2, 0.25) is 5.02 Å². The van der Waals surface area contributed by atoms with Gasteiger partial charge in [0.15, 0.2) is 0 Å². The predicted molar refractivity (Wildman–Crippen MR) is 223 cm³/mol. The molecule has 5 aromatic rings. The number of nitrogens with zero attached hydrogens (tertiary/aromatic N) is 3. The number of carbonyl (C=O) groups is 1. The van der Waals surface area contributed by atoms with E-state index in [1.54, 1.807) is 18.3 Å². The molecule has 6 rings (SSSR count). The molecule has 282 valence electrons. The lowest BCUT2D eigenvalue weighted by Gasteiger charge is -2.34. The van der Waals surface area contributed by atoms with Crippen molar-refractivity contribution in [1.29, 1.82) is 0 Å². The minimum absolute atomic E-state index is 0. The highest BCUT2D eigenvalue weighted by atomic mass is 79.9. The van der Waals surface area contributed by atoms with E-state index >= 15 is 0 Å². The van der Waals surface area contributed by atoms with E-state index in [9.17, 15) is 4.79 Å². The number of rotatable bonds is 14. The number of halogens is 2. The minimum Gasteiger partial charge on any atom is -0.493 e. The molecule has 1 amide bonds. The van der Waals surface area contributed by atoms with Crippen molar-refractivity contribution in [2.24, 2.45) is 0 Å². The molecule has 0 N–H and O–H groups in total. The number of piperazine rings is 1. The number of hydrogen-bond acceptors (Lipinski definition) is 6. The molecule has 9 heteroatoms. The van der Waals surface area contributed by atoms with Gasteiger partial charge >= 0.3 is 0 Å². The number of aromatic nitrogens is 1. The van der Waals surface area contributed by atoms with Crippen LogP contribution in [-0.4, -0.2) is 53.5 Å². The molecule has 1 saturated heterocycles. The van der Waals surface area contributed by atoms with Gasteiger partial charge in [-0.2, -0.15) is 0 Å². The smallest absolute Gasteiger partial charge is 0.246 e. The van der Waals surface area contributed by atoms with E-state index < -0.39 is 0 Å². The molecule has 2 heterocycles. The van der Waals surface area contributed by atoms with Crippen LogP contribution in [-0.2, 0) is 24.4 Å². The number of carbonyl (C=O) groups excluding carboxylic acids is 1. The molecule has 0 aliphatic carbocycles. The monoisotopic (exact) mass is 809 g/mol. The molecular weight excluding hydrogens is 762 g/mol. The molecule has 1 fully saturated rings. The van der Waals surface area contributed by atoms with Crippen LogP contribution in [0.15, 0.2) is 109 Å². The number of benzene rings is 4. The maximum Gasteiger partial charge on any atom is 0.246 e. The quantitative estimate of drug-likeness (QED) is 0.104. The van der Waals surface area contributed by atoms with Crippen molar-refractivity contribution in [3.8, 4) is 23.1 Å². The molecule has 0 atom stereocenters. The lowest BCUT2D eigenvalue weighted by molar-refractivity contribution is -0.127. The first-order chi connectivity index (χ1) is 25.7. The van der Waals surface area contributed by atoms with Crippen LogP contribution in [0.25, 0.3) is 6.08 Å². The van der Waals surface area contributed by atoms with Crippen LogP contribution in [0.1, 0.15) is 58.7 Å². The van der Waals surface area contributed by atoms with Crippen molar-refractivity contribution in [3.63, 3.8) is 0 Å². The van der Waals surface area contributed by atoms with Gasteiger partial charge in [-0.3, -0.25) is 9.69 Å². The van der Waals surface area contributed by atoms with Crippen molar-refractivity contribution in [3.05, 3.63) is 153 Å². The van der Waals surface area contributed by atoms with Crippen LogP contribution < -0.4 is 14.2 Å². The fraction of sp³-hybridized carbons (Fsp3) is 0.289. The Labute approximate surface area is 335 Å². The zero-order valence-corrected chi connectivity index (χ0v) is 33.9. The highest BCUT2D eigenvalue weighted by Gasteiger charge is 2.20. The van der Waals surface area contributed by atoms with Gasteiger partial charge in [-0.05, 0) is 89.6 Å². The minimum atomic E-state index is -0.00294. The third-order valence-electron chi connectivity index (χ3n) is 9.50. The number of ether oxygens (including phenoxy) is 3. The first-order valence-corrected chi connectivity index (χ1v) is 18.7. The number of pyridine rings is 1. The average molecular weight is 811 g/mol. The van der Waals surface area contributed by atoms with Gasteiger partial charge in [0.05, 0.1) is 17.8 Å². The predicted octanol–water partition coefficient (Wildman–Crippen LogP) is 10.4. The molecule has 0 bridgehead atoms. The fourth-order valence-electron chi connectivity index (χ4n) is 6.10. The van der Waals surface area contributed by atoms with E-state index in [-0.39, 0.29) is 22.9 Å². The van der Waals surface area contributed by atoms with Crippen molar-refractivity contribution >= 4 is 40.6 Å². The molecule has 54 heavy (non-hydrogen) atoms. The molecule has 0 radical (unpaired) electrons. The van der Waals surface area contributed by atoms with E-state index in [4.69, 9.17) is 25.8 Å². The highest BCUT2D eigenvalue weighted by molar-refractivity contribution is 8.93. The van der Waals surface area contributed by atoms with Gasteiger partial charge in [0.25, 0.3) is 0 Å². The normalized spacial score (nSPS) is 13.2. The SMILES string of the molecule is Br.Cc1ccc(COc2ccc(Oc3cc(C)c(/C=C/C(=O)N4CCN(Cc5ccc(CCOc6ccc(C(C)C)cc6)cc5)CC4)cc3Cl)nc2)cc1. The number of amides is 1. The van der Waals surface area contributed by atoms with Gasteiger partial charge in [0.1, 0.15) is 23.9 Å². The summed E-state index contributed by atoms with van der Waals surface area (Å²) in [5.74, 6) is 2.99. The second-order valence-electron chi connectivity index (χ2n) is 13.9. The molecule has 1 aliphatic heterocycles. The standard InChI is InChI=1S/C45H48ClN3O4.BrH/c1-32(2)38-13-16-40(17-14-38)51-26-21-35-9-11-36(12-10-35)30-48-22-24-49(25-23-48)45(50)20-15-39-28-42(46)43(27-34(39)4)53-44-19-18-41(29-47-44)52-31-37-7-5-33(3)6-8-37;/h5-20,27-29,32H,21-26,30-31H2,1-4H3;1H/b20-15+;. The van der Waals surface area contributed by atoms with Crippen molar-refractivity contribution in [2.45, 2.75) is 53.2 Å². The molecule has 1 aliphatic rings. The van der Waals surface area contributed by atoms with Crippen LogP contribution in [0.5, 0.6) is 23.1 Å². The Hall–Kier alpha value is -4.63. The zero-order valence-electron chi connectivity index (χ0n) is 31.5. The summed E-state index contributed by atoms with van der Waals surface area (Å²) in [6.45, 7) is 13.4. The Kier molecular flexibility index (Phi) is 14.7. The Balaban J connectivity index is 0.00000561. The van der Waals surface area contributed by atoms with E-state index in [0.717, 1.165) is 48.5 Å². The summed E-state index contributed by atoms with van der Waals surface area (Å²) in [6, 6.07) is 32.7. The first kappa shape index (κ1) is 40.6. The Bertz CT molecular complexity index is 1970. The van der Waals surface area contributed by atoms with Gasteiger partial charge in [0, 0.05) is 51.3 Å². The van der Waals surface area contributed by atoms with Gasteiger partial charge in [0.2, 0.25) is 11.8 Å². The highest BCUT2D eigenvalue weighted by Crippen LogP contribution is 2.32. The lowest BCUT2D eigenvalue weighted by Crippen LogP contribution is -2.47. The van der Waals surface area contributed by atoms with Gasteiger partial charge in [-0.15, -0.1) is 17.0 Å². The number of aryl methyl sites for hydroxylation is 2. The molecule has 7 nitrogen and oxygen atoms in total. The summed E-state index contributed by atoms with van der Waals surface area (Å²) in [7, 11) is 0. The number of hydrogen-bond donors (Lipinski definition) is 0. The van der Waals surface area contributed by atoms with Gasteiger partial charge in [-0.1, -0.05) is 91.7 Å². The third kappa shape index (κ3) is 11.7. The Morgan fingerprint density at radius 3 is 2.15 bits per heavy atom. The summed E-state index contributed by atoms with van der Waals surface area (Å²) in [5.41, 5.74) is 7.95. The van der Waals surface area contributed by atoms with E-state index in [2.05, 4.69) is 103 Å². The summed E-state index contributed by atoms with van der Waals surface area (Å²) >= 11 is 6.61. The second kappa shape index (κ2) is 19.6. The van der Waals surface area contributed by atoms with Crippen LogP contribution in [0, 0.1) is 13.8 Å². The maximum atomic E-state index is 13.1. The average Bonchev–Trinajstić information content (AvgIpc) is 3.17. The maximum absolute atomic E-state index is 13.1. The van der Waals surface area contributed by atoms with E-state index in [1.165, 1.54) is 22.3 Å². The van der Waals surface area contributed by atoms with Gasteiger partial charge < -0.3 is 19.1 Å². The summed E-state index contributed by atoms with van der Waals surface area (Å²) in [5, 5.41) is 0.437. The van der Waals surface area contributed by atoms with E-state index in [0.29, 0.717) is 54.6 Å². The Morgan fingerprint density at radius 2 is 1.48 bits per heavy atom. The van der Waals surface area contributed by atoms with Gasteiger partial charge in [-0.25, -0.2) is 4.98 Å². The van der Waals surface area contributed by atoms with Crippen LogP contribution in [0.4, 0.5) is 0 Å². The van der Waals surface area contributed by atoms with Crippen LogP contribution >= 0.6 is 28.6 Å².